The fourth-order valence-corrected chi connectivity index (χ4v) is 11.0. The Bertz CT molecular complexity index is 3030. The number of hydrogen-bond acceptors (Lipinski definition) is 15. The summed E-state index contributed by atoms with van der Waals surface area (Å²) < 4.78 is 49.6. The highest BCUT2D eigenvalue weighted by molar-refractivity contribution is 7.92. The zero-order valence-electron chi connectivity index (χ0n) is 47.0. The van der Waals surface area contributed by atoms with Crippen molar-refractivity contribution in [2.75, 3.05) is 70.9 Å². The molecule has 7 rings (SSSR count). The average molecular weight is 1120 g/mol. The Morgan fingerprint density at radius 1 is 0.861 bits per heavy atom. The molecule has 5 aromatic rings. The number of nitrogens with one attached hydrogen (secondary N) is 6. The van der Waals surface area contributed by atoms with Gasteiger partial charge in [-0.05, 0) is 142 Å². The molecule has 0 saturated heterocycles. The van der Waals surface area contributed by atoms with E-state index in [-0.39, 0.29) is 52.0 Å². The molecule has 0 spiro atoms. The lowest BCUT2D eigenvalue weighted by atomic mass is 9.83. The normalized spacial score (nSPS) is 16.1. The Balaban J connectivity index is 0.848. The number of carbonyl (C=O) groups is 3. The number of carbonyl (C=O) groups excluding carboxylic acids is 3. The number of aromatic nitrogens is 2. The van der Waals surface area contributed by atoms with Gasteiger partial charge < -0.3 is 55.7 Å². The molecule has 0 saturated carbocycles. The predicted octanol–water partition coefficient (Wildman–Crippen LogP) is 7.95. The van der Waals surface area contributed by atoms with E-state index < -0.39 is 38.6 Å². The number of nitrogens with zero attached hydrogens (tertiary/aromatic N) is 3. The van der Waals surface area contributed by atoms with Gasteiger partial charge >= 0.3 is 0 Å². The molecule has 6 N–H and O–H groups in total. The zero-order valence-corrected chi connectivity index (χ0v) is 48.5. The molecule has 0 radical (unpaired) electrons. The highest BCUT2D eigenvalue weighted by Gasteiger charge is 2.43. The largest absolute Gasteiger partial charge is 0.495 e. The maximum absolute atomic E-state index is 14.7. The van der Waals surface area contributed by atoms with Crippen LogP contribution < -0.4 is 41.4 Å². The van der Waals surface area contributed by atoms with Crippen LogP contribution >= 0.6 is 11.6 Å². The first-order chi connectivity index (χ1) is 37.8. The van der Waals surface area contributed by atoms with E-state index in [0.717, 1.165) is 53.5 Å². The number of benzene rings is 4. The van der Waals surface area contributed by atoms with Crippen molar-refractivity contribution in [3.05, 3.63) is 123 Å². The highest BCUT2D eigenvalue weighted by atomic mass is 35.5. The van der Waals surface area contributed by atoms with Gasteiger partial charge in [-0.15, -0.1) is 0 Å². The summed E-state index contributed by atoms with van der Waals surface area (Å²) in [6.45, 7) is 16.3. The summed E-state index contributed by atoms with van der Waals surface area (Å²) in [5, 5.41) is 18.6. The van der Waals surface area contributed by atoms with Crippen LogP contribution in [0.5, 0.6) is 11.5 Å². The molecule has 4 atom stereocenters. The van der Waals surface area contributed by atoms with Gasteiger partial charge in [0.05, 0.1) is 73.3 Å². The highest BCUT2D eigenvalue weighted by Crippen LogP contribution is 2.36. The molecule has 1 aliphatic carbocycles. The lowest BCUT2D eigenvalue weighted by Crippen LogP contribution is -2.62. The van der Waals surface area contributed by atoms with Gasteiger partial charge in [-0.3, -0.25) is 14.4 Å². The fraction of sp³-hybridized carbons (Fsp3) is 0.475. The Hall–Kier alpha value is -6.35. The number of fused-ring (bicyclic) bond motifs is 2. The minimum Gasteiger partial charge on any atom is -0.495 e. The molecule has 20 heteroatoms. The van der Waals surface area contributed by atoms with Gasteiger partial charge in [0.25, 0.3) is 0 Å². The molecule has 1 aliphatic heterocycles. The van der Waals surface area contributed by atoms with Crippen molar-refractivity contribution in [3.63, 3.8) is 0 Å². The number of aryl methyl sites for hydroxylation is 2. The van der Waals surface area contributed by atoms with Crippen LogP contribution in [0.15, 0.2) is 90.0 Å². The third-order valence-electron chi connectivity index (χ3n) is 14.4. The van der Waals surface area contributed by atoms with Gasteiger partial charge in [0.1, 0.15) is 35.2 Å². The van der Waals surface area contributed by atoms with Crippen molar-refractivity contribution in [2.45, 2.75) is 121 Å². The number of amides is 3. The number of methoxy groups -OCH3 is 1. The van der Waals surface area contributed by atoms with Crippen LogP contribution in [0.4, 0.5) is 23.1 Å². The van der Waals surface area contributed by atoms with E-state index >= 15 is 0 Å². The quantitative estimate of drug-likeness (QED) is 0.0289. The molecule has 18 nitrogen and oxygen atoms in total. The Morgan fingerprint density at radius 3 is 2.34 bits per heavy atom. The van der Waals surface area contributed by atoms with Gasteiger partial charge in [0.15, 0.2) is 15.7 Å². The van der Waals surface area contributed by atoms with Crippen LogP contribution in [0.25, 0.3) is 0 Å². The second kappa shape index (κ2) is 27.7. The van der Waals surface area contributed by atoms with Crippen molar-refractivity contribution in [2.24, 2.45) is 5.41 Å². The third-order valence-corrected chi connectivity index (χ3v) is 16.9. The van der Waals surface area contributed by atoms with E-state index in [1.54, 1.807) is 64.1 Å². The van der Waals surface area contributed by atoms with E-state index in [9.17, 15) is 22.8 Å². The summed E-state index contributed by atoms with van der Waals surface area (Å²) in [6.07, 6.45) is 5.25. The Labute approximate surface area is 470 Å². The Morgan fingerprint density at radius 2 is 1.59 bits per heavy atom. The smallest absolute Gasteiger partial charge is 0.246 e. The molecular formula is C59H78ClN9O9S. The van der Waals surface area contributed by atoms with Crippen molar-refractivity contribution < 1.29 is 41.7 Å². The topological polar surface area (TPSA) is 223 Å². The summed E-state index contributed by atoms with van der Waals surface area (Å²) in [4.78, 5) is 53.0. The van der Waals surface area contributed by atoms with E-state index in [4.69, 9.17) is 30.5 Å². The second-order valence-corrected chi connectivity index (χ2v) is 24.2. The summed E-state index contributed by atoms with van der Waals surface area (Å²) in [6, 6.07) is 22.3. The minimum atomic E-state index is -3.58. The van der Waals surface area contributed by atoms with Crippen molar-refractivity contribution in [3.8, 4) is 11.5 Å². The van der Waals surface area contributed by atoms with Crippen molar-refractivity contribution >= 4 is 62.3 Å². The first-order valence-corrected chi connectivity index (χ1v) is 29.1. The van der Waals surface area contributed by atoms with E-state index in [0.29, 0.717) is 75.4 Å². The van der Waals surface area contributed by atoms with Gasteiger partial charge in [-0.1, -0.05) is 74.8 Å². The van der Waals surface area contributed by atoms with Crippen LogP contribution in [-0.2, 0) is 59.5 Å². The number of halogens is 1. The fourth-order valence-electron chi connectivity index (χ4n) is 9.63. The molecule has 79 heavy (non-hydrogen) atoms. The van der Waals surface area contributed by atoms with Crippen molar-refractivity contribution in [1.82, 2.24) is 36.1 Å². The standard InChI is InChI=1S/C59H78ClN9O9S/c1-37(2)79(73,74)52-20-13-12-18-48(52)64-54-46(60)35-63-58(68-54)66-49-31-38(3)41(34-51(49)75-9)23-24-62-25-26-76-27-28-77-29-30-78-44-22-21-42-33-50(56(71)65-47-19-14-16-40-15-10-11-17-45(40)47)69(36-43(42)32-44)57(72)53(59(5,6)7)67-55(70)39(4)61-8/h10-13,15,17-18,20-22,31-32,34-35,37,39,47,50,53,61-62H,14,16,19,23-30,33,36H2,1-9H3,(H,65,71)(H,67,70)(H2,63,64,66,68)/t39-,47+,50-,53+/m0/s1. The van der Waals surface area contributed by atoms with E-state index in [1.807, 2.05) is 70.2 Å². The molecular weight excluding hydrogens is 1050 g/mol. The van der Waals surface area contributed by atoms with E-state index in [2.05, 4.69) is 54.0 Å². The van der Waals surface area contributed by atoms with Crippen LogP contribution in [0, 0.1) is 12.3 Å². The van der Waals surface area contributed by atoms with Crippen LogP contribution in [0.3, 0.4) is 0 Å². The zero-order chi connectivity index (χ0) is 56.9. The number of para-hydroxylation sites is 1. The predicted molar refractivity (Wildman–Crippen MR) is 308 cm³/mol. The van der Waals surface area contributed by atoms with Gasteiger partial charge in [-0.25, -0.2) is 13.4 Å². The molecule has 0 bridgehead atoms. The third kappa shape index (κ3) is 15.7. The molecule has 2 heterocycles. The number of sulfone groups is 1. The monoisotopic (exact) mass is 1120 g/mol. The van der Waals surface area contributed by atoms with Crippen LogP contribution in [0.2, 0.25) is 5.02 Å². The lowest BCUT2D eigenvalue weighted by Gasteiger charge is -2.41. The second-order valence-electron chi connectivity index (χ2n) is 21.4. The number of rotatable bonds is 26. The van der Waals surface area contributed by atoms with Crippen LogP contribution in [-0.4, -0.2) is 125 Å². The lowest BCUT2D eigenvalue weighted by molar-refractivity contribution is -0.147. The summed E-state index contributed by atoms with van der Waals surface area (Å²) >= 11 is 6.47. The SMILES string of the molecule is CN[C@@H](C)C(=O)N[C@H](C(=O)N1Cc2cc(OCCOCCOCCNCCc3cc(OC)c(Nc4ncc(Cl)c(Nc5ccccc5S(=O)(=O)C(C)C)n4)cc3C)ccc2C[C@H]1C(=O)N[C@@H]1CCCc2ccccc21)C(C)(C)C. The summed E-state index contributed by atoms with van der Waals surface area (Å²) in [5.74, 6) is 0.892. The first-order valence-electron chi connectivity index (χ1n) is 27.1. The maximum atomic E-state index is 14.7. The van der Waals surface area contributed by atoms with Crippen molar-refractivity contribution in [1.29, 1.82) is 0 Å². The summed E-state index contributed by atoms with van der Waals surface area (Å²) in [5.41, 5.74) is 6.69. The summed E-state index contributed by atoms with van der Waals surface area (Å²) in [7, 11) is -0.288. The molecule has 2 aliphatic rings. The molecule has 1 aromatic heterocycles. The first kappa shape index (κ1) is 60.3. The number of ether oxygens (including phenoxy) is 4. The average Bonchev–Trinajstić information content (AvgIpc) is 3.43. The Kier molecular flexibility index (Phi) is 21.1. The number of hydrogen-bond donors (Lipinski definition) is 6. The molecule has 0 unspecified atom stereocenters. The molecule has 426 valence electrons. The molecule has 3 amide bonds. The van der Waals surface area contributed by atoms with Gasteiger partial charge in [-0.2, -0.15) is 4.98 Å². The van der Waals surface area contributed by atoms with Gasteiger partial charge in [0, 0.05) is 19.5 Å². The number of anilines is 4. The van der Waals surface area contributed by atoms with E-state index in [1.165, 1.54) is 11.8 Å². The van der Waals surface area contributed by atoms with Gasteiger partial charge in [0.2, 0.25) is 23.7 Å². The minimum absolute atomic E-state index is 0.153. The molecule has 4 aromatic carbocycles. The number of likely N-dealkylation sites (N-methyl/N-ethyl adjacent to an activating group) is 1. The maximum Gasteiger partial charge on any atom is 0.246 e. The van der Waals surface area contributed by atoms with Crippen LogP contribution in [0.1, 0.15) is 93.8 Å². The molecule has 0 fully saturated rings.